The molecule has 0 amide bonds. The van der Waals surface area contributed by atoms with Crippen molar-refractivity contribution in [1.82, 2.24) is 4.90 Å². The Hall–Kier alpha value is -0.160. The predicted molar refractivity (Wildman–Crippen MR) is 86.4 cm³/mol. The fourth-order valence-corrected chi connectivity index (χ4v) is 3.86. The second-order valence-corrected chi connectivity index (χ2v) is 7.43. The Morgan fingerprint density at radius 3 is 2.39 bits per heavy atom. The van der Waals surface area contributed by atoms with E-state index >= 15 is 0 Å². The van der Waals surface area contributed by atoms with E-state index in [1.54, 1.807) is 0 Å². The van der Waals surface area contributed by atoms with Crippen LogP contribution in [0, 0.1) is 0 Å². The Labute approximate surface area is 129 Å². The van der Waals surface area contributed by atoms with Crippen LogP contribution in [0.25, 0.3) is 0 Å². The summed E-state index contributed by atoms with van der Waals surface area (Å²) in [5.41, 5.74) is 1.37. The number of halogens is 2. The highest BCUT2D eigenvalue weighted by atomic mass is 79.9. The lowest BCUT2D eigenvalue weighted by Gasteiger charge is -2.20. The van der Waals surface area contributed by atoms with Gasteiger partial charge in [0.05, 0.1) is 3.79 Å². The van der Waals surface area contributed by atoms with Crippen LogP contribution in [0.1, 0.15) is 10.4 Å². The topological polar surface area (TPSA) is 3.24 Å². The molecule has 0 saturated carbocycles. The summed E-state index contributed by atoms with van der Waals surface area (Å²) in [7, 11) is 0. The third-order valence-corrected chi connectivity index (χ3v) is 4.62. The van der Waals surface area contributed by atoms with Crippen LogP contribution in [0.2, 0.25) is 0 Å². The Morgan fingerprint density at radius 1 is 1.00 bits per heavy atom. The van der Waals surface area contributed by atoms with Crippen molar-refractivity contribution in [3.8, 4) is 0 Å². The molecule has 1 aromatic carbocycles. The Bertz CT molecular complexity index is 470. The maximum Gasteiger partial charge on any atom is 0.0701 e. The van der Waals surface area contributed by atoms with Crippen LogP contribution in [0.5, 0.6) is 0 Å². The average molecular weight is 389 g/mol. The molecule has 0 unspecified atom stereocenters. The van der Waals surface area contributed by atoms with Crippen LogP contribution in [-0.4, -0.2) is 16.8 Å². The third kappa shape index (κ3) is 4.50. The van der Waals surface area contributed by atoms with Crippen molar-refractivity contribution in [2.24, 2.45) is 0 Å². The number of nitrogens with zero attached hydrogens (tertiary/aromatic N) is 1. The molecule has 0 atom stereocenters. The van der Waals surface area contributed by atoms with E-state index in [-0.39, 0.29) is 0 Å². The lowest BCUT2D eigenvalue weighted by atomic mass is 10.2. The first-order valence-electron chi connectivity index (χ1n) is 5.84. The molecule has 1 nitrogen and oxygen atoms in total. The fraction of sp³-hybridized carbons (Fsp3) is 0.286. The molecule has 0 bridgehead atoms. The van der Waals surface area contributed by atoms with E-state index in [4.69, 9.17) is 0 Å². The zero-order chi connectivity index (χ0) is 12.8. The van der Waals surface area contributed by atoms with Crippen molar-refractivity contribution in [1.29, 1.82) is 0 Å². The van der Waals surface area contributed by atoms with Gasteiger partial charge in [-0.1, -0.05) is 46.3 Å². The summed E-state index contributed by atoms with van der Waals surface area (Å²) in [5.74, 6) is 0. The Morgan fingerprint density at radius 2 is 1.78 bits per heavy atom. The summed E-state index contributed by atoms with van der Waals surface area (Å²) in [6, 6.07) is 15.0. The highest BCUT2D eigenvalue weighted by Crippen LogP contribution is 2.23. The molecule has 96 valence electrons. The normalized spacial score (nSPS) is 11.1. The quantitative estimate of drug-likeness (QED) is 0.635. The van der Waals surface area contributed by atoms with Gasteiger partial charge in [-0.15, -0.1) is 11.3 Å². The average Bonchev–Trinajstić information content (AvgIpc) is 2.76. The van der Waals surface area contributed by atoms with Crippen molar-refractivity contribution in [2.75, 3.05) is 11.9 Å². The molecule has 4 heteroatoms. The van der Waals surface area contributed by atoms with Crippen LogP contribution in [0.15, 0.2) is 46.3 Å². The second-order valence-electron chi connectivity index (χ2n) is 4.09. The molecule has 2 aromatic rings. The molecule has 0 aliphatic rings. The van der Waals surface area contributed by atoms with E-state index in [2.05, 4.69) is 79.2 Å². The molecule has 0 N–H and O–H groups in total. The zero-order valence-electron chi connectivity index (χ0n) is 9.98. The van der Waals surface area contributed by atoms with Gasteiger partial charge in [-0.2, -0.15) is 0 Å². The van der Waals surface area contributed by atoms with Crippen LogP contribution in [-0.2, 0) is 13.1 Å². The van der Waals surface area contributed by atoms with Gasteiger partial charge in [0.2, 0.25) is 0 Å². The van der Waals surface area contributed by atoms with Gasteiger partial charge in [-0.05, 0) is 33.6 Å². The molecule has 2 rings (SSSR count). The molecule has 1 heterocycles. The predicted octanol–water partition coefficient (Wildman–Crippen LogP) is 4.91. The number of alkyl halides is 1. The van der Waals surface area contributed by atoms with Gasteiger partial charge in [-0.25, -0.2) is 0 Å². The lowest BCUT2D eigenvalue weighted by molar-refractivity contribution is 0.277. The molecule has 0 radical (unpaired) electrons. The maximum absolute atomic E-state index is 3.53. The highest BCUT2D eigenvalue weighted by Gasteiger charge is 2.08. The van der Waals surface area contributed by atoms with Gasteiger partial charge in [0.15, 0.2) is 0 Å². The monoisotopic (exact) mass is 387 g/mol. The number of benzene rings is 1. The van der Waals surface area contributed by atoms with E-state index in [1.807, 2.05) is 11.3 Å². The van der Waals surface area contributed by atoms with Crippen LogP contribution in [0.4, 0.5) is 0 Å². The summed E-state index contributed by atoms with van der Waals surface area (Å²) < 4.78 is 1.20. The van der Waals surface area contributed by atoms with Crippen molar-refractivity contribution in [3.63, 3.8) is 0 Å². The molecule has 0 spiro atoms. The molecular formula is C14H15Br2NS. The van der Waals surface area contributed by atoms with E-state index < -0.39 is 0 Å². The molecule has 0 aliphatic carbocycles. The van der Waals surface area contributed by atoms with E-state index in [0.717, 1.165) is 25.0 Å². The summed E-state index contributed by atoms with van der Waals surface area (Å²) >= 11 is 8.87. The van der Waals surface area contributed by atoms with Crippen molar-refractivity contribution < 1.29 is 0 Å². The molecule has 0 fully saturated rings. The molecular weight excluding hydrogens is 374 g/mol. The summed E-state index contributed by atoms with van der Waals surface area (Å²) in [6.45, 7) is 3.07. The van der Waals surface area contributed by atoms with Crippen molar-refractivity contribution in [2.45, 2.75) is 13.1 Å². The summed E-state index contributed by atoms with van der Waals surface area (Å²) in [5, 5.41) is 1.01. The summed E-state index contributed by atoms with van der Waals surface area (Å²) in [6.07, 6.45) is 0. The second kappa shape index (κ2) is 7.43. The first kappa shape index (κ1) is 14.3. The minimum atomic E-state index is 1.00. The standard InChI is InChI=1S/C14H15Br2NS/c15-8-9-17(10-12-4-2-1-3-5-12)11-13-6-7-14(16)18-13/h1-7H,8-11H2. The van der Waals surface area contributed by atoms with E-state index in [1.165, 1.54) is 14.2 Å². The van der Waals surface area contributed by atoms with Crippen LogP contribution >= 0.6 is 43.2 Å². The zero-order valence-corrected chi connectivity index (χ0v) is 14.0. The third-order valence-electron chi connectivity index (χ3n) is 2.66. The number of hydrogen-bond acceptors (Lipinski definition) is 2. The largest absolute Gasteiger partial charge is 0.293 e. The van der Waals surface area contributed by atoms with Gasteiger partial charge in [0.25, 0.3) is 0 Å². The van der Waals surface area contributed by atoms with Gasteiger partial charge >= 0.3 is 0 Å². The molecule has 0 aliphatic heterocycles. The fourth-order valence-electron chi connectivity index (χ4n) is 1.83. The van der Waals surface area contributed by atoms with E-state index in [9.17, 15) is 0 Å². The summed E-state index contributed by atoms with van der Waals surface area (Å²) in [4.78, 5) is 3.86. The van der Waals surface area contributed by atoms with Gasteiger partial charge < -0.3 is 0 Å². The van der Waals surface area contributed by atoms with Crippen LogP contribution < -0.4 is 0 Å². The maximum atomic E-state index is 3.53. The number of hydrogen-bond donors (Lipinski definition) is 0. The molecule has 18 heavy (non-hydrogen) atoms. The first-order chi connectivity index (χ1) is 8.78. The van der Waals surface area contributed by atoms with Gasteiger partial charge in [0.1, 0.15) is 0 Å². The van der Waals surface area contributed by atoms with E-state index in [0.29, 0.717) is 0 Å². The SMILES string of the molecule is BrCCN(Cc1ccccc1)Cc1ccc(Br)s1. The highest BCUT2D eigenvalue weighted by molar-refractivity contribution is 9.11. The minimum Gasteiger partial charge on any atom is -0.293 e. The minimum absolute atomic E-state index is 1.00. The van der Waals surface area contributed by atoms with Gasteiger partial charge in [-0.3, -0.25) is 4.90 Å². The Balaban J connectivity index is 1.99. The first-order valence-corrected chi connectivity index (χ1v) is 8.57. The van der Waals surface area contributed by atoms with Crippen molar-refractivity contribution >= 4 is 43.2 Å². The number of rotatable bonds is 6. The van der Waals surface area contributed by atoms with Gasteiger partial charge in [0, 0.05) is 29.8 Å². The Kier molecular flexibility index (Phi) is 5.89. The van der Waals surface area contributed by atoms with Crippen molar-refractivity contribution in [3.05, 3.63) is 56.7 Å². The lowest BCUT2D eigenvalue weighted by Crippen LogP contribution is -2.24. The number of thiophene rings is 1. The molecule has 1 aromatic heterocycles. The van der Waals surface area contributed by atoms with Crippen LogP contribution in [0.3, 0.4) is 0 Å². The smallest absolute Gasteiger partial charge is 0.0701 e. The molecule has 0 saturated heterocycles.